The van der Waals surface area contributed by atoms with Crippen molar-refractivity contribution >= 4 is 43.7 Å². The molecule has 0 saturated carbocycles. The highest BCUT2D eigenvalue weighted by Gasteiger charge is 2.34. The predicted molar refractivity (Wildman–Crippen MR) is 123 cm³/mol. The zero-order valence-electron chi connectivity index (χ0n) is 18.1. The number of amides is 1. The Balaban J connectivity index is 1.68. The lowest BCUT2D eigenvalue weighted by molar-refractivity contribution is -0.0105. The molecule has 0 aliphatic carbocycles. The van der Waals surface area contributed by atoms with Crippen molar-refractivity contribution in [1.29, 1.82) is 0 Å². The highest BCUT2D eigenvalue weighted by molar-refractivity contribution is 9.10. The summed E-state index contributed by atoms with van der Waals surface area (Å²) in [6.07, 6.45) is 0.586. The first-order chi connectivity index (χ1) is 14.5. The van der Waals surface area contributed by atoms with Gasteiger partial charge in [0.1, 0.15) is 5.60 Å². The standard InChI is InChI=1S/C23H26BrN3O4/c1-13-5-6-14-15(9-13)20-16(10-17(14)24)21(29)27(12-25-20)18-7-8-26(11-19(18)28)22(30)31-23(2,3)4/h5-6,9-10,12,18-19,28H,7-8,11H2,1-4H3/t18-,19-/m0/s1. The van der Waals surface area contributed by atoms with E-state index in [2.05, 4.69) is 20.9 Å². The van der Waals surface area contributed by atoms with E-state index in [9.17, 15) is 14.7 Å². The van der Waals surface area contributed by atoms with Crippen LogP contribution >= 0.6 is 15.9 Å². The molecule has 164 valence electrons. The van der Waals surface area contributed by atoms with Gasteiger partial charge in [-0.2, -0.15) is 0 Å². The Morgan fingerprint density at radius 3 is 2.65 bits per heavy atom. The number of ether oxygens (including phenoxy) is 1. The minimum absolute atomic E-state index is 0.102. The number of likely N-dealkylation sites (tertiary alicyclic amines) is 1. The molecule has 4 rings (SSSR count). The van der Waals surface area contributed by atoms with Crippen LogP contribution in [0, 0.1) is 6.92 Å². The number of carbonyl (C=O) groups excluding carboxylic acids is 1. The van der Waals surface area contributed by atoms with Crippen LogP contribution in [-0.2, 0) is 4.74 Å². The maximum absolute atomic E-state index is 13.3. The van der Waals surface area contributed by atoms with E-state index < -0.39 is 23.8 Å². The first-order valence-electron chi connectivity index (χ1n) is 10.3. The van der Waals surface area contributed by atoms with Crippen LogP contribution < -0.4 is 5.56 Å². The van der Waals surface area contributed by atoms with Gasteiger partial charge in [-0.15, -0.1) is 0 Å². The number of β-amino-alcohol motifs (C(OH)–C–C–N with tert-alkyl or cyclic N) is 1. The van der Waals surface area contributed by atoms with Crippen molar-refractivity contribution in [2.24, 2.45) is 0 Å². The van der Waals surface area contributed by atoms with Crippen molar-refractivity contribution in [1.82, 2.24) is 14.5 Å². The molecule has 1 aromatic heterocycles. The molecule has 0 spiro atoms. The molecule has 7 nitrogen and oxygen atoms in total. The smallest absolute Gasteiger partial charge is 0.410 e. The number of aromatic nitrogens is 2. The summed E-state index contributed by atoms with van der Waals surface area (Å²) in [5.41, 5.74) is 0.919. The summed E-state index contributed by atoms with van der Waals surface area (Å²) < 4.78 is 7.72. The number of carbonyl (C=O) groups is 1. The first-order valence-corrected chi connectivity index (χ1v) is 11.1. The maximum Gasteiger partial charge on any atom is 0.410 e. The molecule has 0 bridgehead atoms. The number of rotatable bonds is 1. The molecule has 1 N–H and O–H groups in total. The van der Waals surface area contributed by atoms with Gasteiger partial charge in [0.2, 0.25) is 0 Å². The minimum atomic E-state index is -0.899. The number of nitrogens with zero attached hydrogens (tertiary/aromatic N) is 3. The number of hydrogen-bond donors (Lipinski definition) is 1. The maximum atomic E-state index is 13.3. The third-order valence-electron chi connectivity index (χ3n) is 5.55. The molecule has 1 saturated heterocycles. The van der Waals surface area contributed by atoms with Gasteiger partial charge in [0.15, 0.2) is 0 Å². The van der Waals surface area contributed by atoms with Gasteiger partial charge in [0.25, 0.3) is 5.56 Å². The zero-order valence-corrected chi connectivity index (χ0v) is 19.6. The van der Waals surface area contributed by atoms with Crippen molar-refractivity contribution in [3.05, 3.63) is 51.0 Å². The average Bonchev–Trinajstić information content (AvgIpc) is 2.68. The van der Waals surface area contributed by atoms with E-state index in [1.165, 1.54) is 15.8 Å². The van der Waals surface area contributed by atoms with Gasteiger partial charge in [-0.25, -0.2) is 9.78 Å². The number of fused-ring (bicyclic) bond motifs is 3. The summed E-state index contributed by atoms with van der Waals surface area (Å²) in [6, 6.07) is 7.39. The summed E-state index contributed by atoms with van der Waals surface area (Å²) in [5, 5.41) is 13.2. The Labute approximate surface area is 188 Å². The van der Waals surface area contributed by atoms with Gasteiger partial charge in [-0.1, -0.05) is 33.6 Å². The largest absolute Gasteiger partial charge is 0.444 e. The van der Waals surface area contributed by atoms with E-state index in [1.807, 2.05) is 25.1 Å². The van der Waals surface area contributed by atoms with Gasteiger partial charge in [-0.3, -0.25) is 9.36 Å². The summed E-state index contributed by atoms with van der Waals surface area (Å²) in [4.78, 5) is 31.8. The van der Waals surface area contributed by atoms with Gasteiger partial charge >= 0.3 is 6.09 Å². The van der Waals surface area contributed by atoms with E-state index in [-0.39, 0.29) is 12.1 Å². The molecule has 3 aromatic rings. The van der Waals surface area contributed by atoms with Crippen molar-refractivity contribution in [2.75, 3.05) is 13.1 Å². The van der Waals surface area contributed by atoms with Crippen molar-refractivity contribution < 1.29 is 14.6 Å². The fourth-order valence-corrected chi connectivity index (χ4v) is 4.64. The number of aliphatic hydroxyl groups excluding tert-OH is 1. The van der Waals surface area contributed by atoms with Crippen molar-refractivity contribution in [3.8, 4) is 0 Å². The number of benzene rings is 2. The van der Waals surface area contributed by atoms with E-state index in [0.717, 1.165) is 20.8 Å². The molecule has 1 fully saturated rings. The van der Waals surface area contributed by atoms with Crippen molar-refractivity contribution in [3.63, 3.8) is 0 Å². The highest BCUT2D eigenvalue weighted by atomic mass is 79.9. The second kappa shape index (κ2) is 7.91. The number of halogens is 1. The number of piperidine rings is 1. The van der Waals surface area contributed by atoms with E-state index >= 15 is 0 Å². The highest BCUT2D eigenvalue weighted by Crippen LogP contribution is 2.31. The Kier molecular flexibility index (Phi) is 5.55. The summed E-state index contributed by atoms with van der Waals surface area (Å²) in [7, 11) is 0. The van der Waals surface area contributed by atoms with E-state index in [0.29, 0.717) is 23.9 Å². The summed E-state index contributed by atoms with van der Waals surface area (Å²) >= 11 is 3.57. The van der Waals surface area contributed by atoms with Gasteiger partial charge in [-0.05, 0) is 51.6 Å². The average molecular weight is 488 g/mol. The molecular weight excluding hydrogens is 462 g/mol. The van der Waals surface area contributed by atoms with Crippen LogP contribution in [0.4, 0.5) is 4.79 Å². The minimum Gasteiger partial charge on any atom is -0.444 e. The molecule has 1 aliphatic rings. The molecule has 31 heavy (non-hydrogen) atoms. The van der Waals surface area contributed by atoms with Gasteiger partial charge < -0.3 is 14.7 Å². The fraction of sp³-hybridized carbons (Fsp3) is 0.435. The van der Waals surface area contributed by atoms with Crippen molar-refractivity contribution in [2.45, 2.75) is 51.9 Å². The lowest BCUT2D eigenvalue weighted by Crippen LogP contribution is -2.50. The number of aliphatic hydroxyl groups is 1. The van der Waals surface area contributed by atoms with Crippen LogP contribution in [0.1, 0.15) is 38.8 Å². The summed E-state index contributed by atoms with van der Waals surface area (Å²) in [6.45, 7) is 7.90. The third kappa shape index (κ3) is 4.19. The first kappa shape index (κ1) is 21.8. The predicted octanol–water partition coefficient (Wildman–Crippen LogP) is 4.16. The van der Waals surface area contributed by atoms with Crippen LogP contribution in [-0.4, -0.2) is 50.4 Å². The van der Waals surface area contributed by atoms with Crippen LogP contribution in [0.15, 0.2) is 39.9 Å². The molecule has 2 atom stereocenters. The molecule has 1 amide bonds. The Bertz CT molecular complexity index is 1230. The normalized spacial score (nSPS) is 19.7. The zero-order chi connectivity index (χ0) is 22.5. The Morgan fingerprint density at radius 2 is 1.97 bits per heavy atom. The molecule has 0 radical (unpaired) electrons. The topological polar surface area (TPSA) is 84.7 Å². The molecule has 2 aromatic carbocycles. The van der Waals surface area contributed by atoms with Crippen LogP contribution in [0.3, 0.4) is 0 Å². The molecule has 0 unspecified atom stereocenters. The van der Waals surface area contributed by atoms with Gasteiger partial charge in [0.05, 0.1) is 35.9 Å². The van der Waals surface area contributed by atoms with E-state index in [1.54, 1.807) is 26.8 Å². The molecule has 8 heteroatoms. The Morgan fingerprint density at radius 1 is 1.23 bits per heavy atom. The second-order valence-corrected chi connectivity index (χ2v) is 9.96. The lowest BCUT2D eigenvalue weighted by atomic mass is 10.0. The van der Waals surface area contributed by atoms with Crippen LogP contribution in [0.2, 0.25) is 0 Å². The molecule has 1 aliphatic heterocycles. The SMILES string of the molecule is Cc1ccc2c(Br)cc3c(=O)n([C@H]4CCN(C(=O)OC(C)(C)C)C[C@@H]4O)cnc3c2c1. The van der Waals surface area contributed by atoms with Gasteiger partial charge in [0, 0.05) is 16.4 Å². The number of hydrogen-bond acceptors (Lipinski definition) is 5. The number of aryl methyl sites for hydroxylation is 1. The van der Waals surface area contributed by atoms with E-state index in [4.69, 9.17) is 4.74 Å². The molecular formula is C23H26BrN3O4. The lowest BCUT2D eigenvalue weighted by Gasteiger charge is -2.37. The monoisotopic (exact) mass is 487 g/mol. The quantitative estimate of drug-likeness (QED) is 0.520. The summed E-state index contributed by atoms with van der Waals surface area (Å²) in [5.74, 6) is 0. The Hall–Kier alpha value is -2.45. The van der Waals surface area contributed by atoms with Crippen LogP contribution in [0.25, 0.3) is 21.7 Å². The fourth-order valence-electron chi connectivity index (χ4n) is 4.07. The third-order valence-corrected chi connectivity index (χ3v) is 6.20. The second-order valence-electron chi connectivity index (χ2n) is 9.11. The van der Waals surface area contributed by atoms with Crippen LogP contribution in [0.5, 0.6) is 0 Å². The molecule has 2 heterocycles.